The van der Waals surface area contributed by atoms with Gasteiger partial charge in [0.25, 0.3) is 5.91 Å². The van der Waals surface area contributed by atoms with E-state index in [1.807, 2.05) is 24.3 Å². The highest BCUT2D eigenvalue weighted by molar-refractivity contribution is 5.96. The number of rotatable bonds is 7. The molecule has 3 rings (SSSR count). The number of amides is 3. The lowest BCUT2D eigenvalue weighted by Gasteiger charge is -2.23. The summed E-state index contributed by atoms with van der Waals surface area (Å²) in [5, 5.41) is 8.11. The summed E-state index contributed by atoms with van der Waals surface area (Å²) < 4.78 is 5.36. The number of carbonyl (C=O) groups is 3. The second-order valence-electron chi connectivity index (χ2n) is 8.09. The molecule has 7 nitrogen and oxygen atoms in total. The maximum Gasteiger partial charge on any atom is 0.329 e. The molecule has 0 bridgehead atoms. The Balaban J connectivity index is 1.55. The summed E-state index contributed by atoms with van der Waals surface area (Å²) >= 11 is 0. The molecule has 164 valence electrons. The van der Waals surface area contributed by atoms with Gasteiger partial charge >= 0.3 is 12.0 Å². The lowest BCUT2D eigenvalue weighted by atomic mass is 10.0. The molecule has 1 aliphatic rings. The van der Waals surface area contributed by atoms with E-state index in [2.05, 4.69) is 16.0 Å². The number of benzene rings is 2. The molecule has 0 fully saturated rings. The van der Waals surface area contributed by atoms with Gasteiger partial charge in [0.15, 0.2) is 6.10 Å². The zero-order valence-corrected chi connectivity index (χ0v) is 18.1. The summed E-state index contributed by atoms with van der Waals surface area (Å²) in [4.78, 5) is 37.4. The van der Waals surface area contributed by atoms with Gasteiger partial charge in [-0.05, 0) is 67.5 Å². The van der Waals surface area contributed by atoms with Gasteiger partial charge in [-0.2, -0.15) is 0 Å². The Morgan fingerprint density at radius 2 is 1.58 bits per heavy atom. The topological polar surface area (TPSA) is 96.5 Å². The number of urea groups is 1. The maximum absolute atomic E-state index is 12.6. The highest BCUT2D eigenvalue weighted by atomic mass is 16.5. The fourth-order valence-electron chi connectivity index (χ4n) is 3.52. The average molecular weight is 424 g/mol. The minimum absolute atomic E-state index is 0.221. The Kier molecular flexibility index (Phi) is 7.28. The van der Waals surface area contributed by atoms with Gasteiger partial charge in [0.05, 0.1) is 0 Å². The summed E-state index contributed by atoms with van der Waals surface area (Å²) in [6.07, 6.45) is 2.21. The number of nitrogens with one attached hydrogen (secondary N) is 3. The fraction of sp³-hybridized carbons (Fsp3) is 0.375. The van der Waals surface area contributed by atoms with Crippen LogP contribution in [0.4, 0.5) is 16.2 Å². The van der Waals surface area contributed by atoms with Crippen molar-refractivity contribution in [2.24, 2.45) is 5.92 Å². The quantitative estimate of drug-likeness (QED) is 0.589. The van der Waals surface area contributed by atoms with Crippen molar-refractivity contribution in [1.29, 1.82) is 0 Å². The number of anilines is 2. The Morgan fingerprint density at radius 3 is 2.29 bits per heavy atom. The number of hydrogen-bond donors (Lipinski definition) is 3. The van der Waals surface area contributed by atoms with Gasteiger partial charge < -0.3 is 20.7 Å². The van der Waals surface area contributed by atoms with Crippen molar-refractivity contribution in [3.8, 4) is 0 Å². The van der Waals surface area contributed by atoms with E-state index in [1.165, 1.54) is 18.1 Å². The summed E-state index contributed by atoms with van der Waals surface area (Å²) in [6, 6.07) is 13.4. The van der Waals surface area contributed by atoms with Gasteiger partial charge in [-0.1, -0.05) is 38.1 Å². The Hall–Kier alpha value is -3.35. The second kappa shape index (κ2) is 10.1. The third-order valence-corrected chi connectivity index (χ3v) is 5.27. The molecule has 0 aliphatic heterocycles. The monoisotopic (exact) mass is 423 g/mol. The van der Waals surface area contributed by atoms with Crippen molar-refractivity contribution in [2.45, 2.75) is 52.2 Å². The van der Waals surface area contributed by atoms with Crippen LogP contribution in [0.3, 0.4) is 0 Å². The van der Waals surface area contributed by atoms with Gasteiger partial charge in [-0.3, -0.25) is 4.79 Å². The van der Waals surface area contributed by atoms with Crippen molar-refractivity contribution >= 4 is 29.3 Å². The number of hydrogen-bond acceptors (Lipinski definition) is 4. The molecule has 1 aliphatic carbocycles. The van der Waals surface area contributed by atoms with E-state index in [4.69, 9.17) is 4.74 Å². The predicted molar refractivity (Wildman–Crippen MR) is 120 cm³/mol. The third-order valence-electron chi connectivity index (χ3n) is 5.27. The first kappa shape index (κ1) is 22.3. The fourth-order valence-corrected chi connectivity index (χ4v) is 3.52. The average Bonchev–Trinajstić information content (AvgIpc) is 3.20. The molecular weight excluding hydrogens is 394 g/mol. The van der Waals surface area contributed by atoms with Gasteiger partial charge in [0.2, 0.25) is 0 Å². The predicted octanol–water partition coefficient (Wildman–Crippen LogP) is 3.89. The molecule has 0 unspecified atom stereocenters. The Labute approximate surface area is 182 Å². The Bertz CT molecular complexity index is 943. The lowest BCUT2D eigenvalue weighted by molar-refractivity contribution is -0.156. The van der Waals surface area contributed by atoms with Gasteiger partial charge in [0.1, 0.15) is 6.04 Å². The number of esters is 1. The van der Waals surface area contributed by atoms with Gasteiger partial charge in [-0.25, -0.2) is 9.59 Å². The van der Waals surface area contributed by atoms with E-state index in [-0.39, 0.29) is 5.92 Å². The standard InChI is InChI=1S/C24H29N3O4/c1-15(2)21(27-24(30)26-19-10-5-4-6-11-19)23(29)31-16(3)22(28)25-20-13-12-17-8-7-9-18(17)14-20/h4-6,10-16,21H,7-9H2,1-3H3,(H,25,28)(H2,26,27,30)/t16-,21+/m1/s1. The van der Waals surface area contributed by atoms with E-state index >= 15 is 0 Å². The van der Waals surface area contributed by atoms with E-state index < -0.39 is 30.1 Å². The number of carbonyl (C=O) groups excluding carboxylic acids is 3. The van der Waals surface area contributed by atoms with Crippen LogP contribution in [0.2, 0.25) is 0 Å². The number of aryl methyl sites for hydroxylation is 2. The van der Waals surface area contributed by atoms with Crippen LogP contribution >= 0.6 is 0 Å². The molecule has 0 saturated carbocycles. The molecule has 3 amide bonds. The van der Waals surface area contributed by atoms with E-state index in [0.717, 1.165) is 19.3 Å². The summed E-state index contributed by atoms with van der Waals surface area (Å²) in [7, 11) is 0. The van der Waals surface area contributed by atoms with Crippen molar-refractivity contribution in [3.63, 3.8) is 0 Å². The van der Waals surface area contributed by atoms with Crippen LogP contribution in [0.5, 0.6) is 0 Å². The summed E-state index contributed by atoms with van der Waals surface area (Å²) in [5.41, 5.74) is 3.86. The van der Waals surface area contributed by atoms with E-state index in [0.29, 0.717) is 11.4 Å². The molecule has 7 heteroatoms. The molecule has 0 heterocycles. The van der Waals surface area contributed by atoms with Crippen LogP contribution in [0.25, 0.3) is 0 Å². The third kappa shape index (κ3) is 6.07. The molecule has 2 aromatic carbocycles. The zero-order valence-electron chi connectivity index (χ0n) is 18.1. The summed E-state index contributed by atoms with van der Waals surface area (Å²) in [6.45, 7) is 5.11. The molecule has 0 saturated heterocycles. The number of ether oxygens (including phenoxy) is 1. The van der Waals surface area contributed by atoms with Gasteiger partial charge in [0, 0.05) is 11.4 Å². The number of fused-ring (bicyclic) bond motifs is 1. The molecule has 3 N–H and O–H groups in total. The normalized spacial score (nSPS) is 14.3. The van der Waals surface area contributed by atoms with Crippen LogP contribution in [-0.2, 0) is 27.2 Å². The molecule has 0 aromatic heterocycles. The molecule has 0 spiro atoms. The minimum Gasteiger partial charge on any atom is -0.451 e. The SMILES string of the molecule is CC(C)[C@H](NC(=O)Nc1ccccc1)C(=O)O[C@H](C)C(=O)Nc1ccc2c(c1)CCC2. The van der Waals surface area contributed by atoms with Crippen molar-refractivity contribution in [3.05, 3.63) is 59.7 Å². The lowest BCUT2D eigenvalue weighted by Crippen LogP contribution is -2.48. The zero-order chi connectivity index (χ0) is 22.4. The van der Waals surface area contributed by atoms with Crippen molar-refractivity contribution in [1.82, 2.24) is 5.32 Å². The van der Waals surface area contributed by atoms with Crippen molar-refractivity contribution < 1.29 is 19.1 Å². The van der Waals surface area contributed by atoms with Gasteiger partial charge in [-0.15, -0.1) is 0 Å². The van der Waals surface area contributed by atoms with Crippen LogP contribution in [-0.4, -0.2) is 30.1 Å². The van der Waals surface area contributed by atoms with Crippen molar-refractivity contribution in [2.75, 3.05) is 10.6 Å². The van der Waals surface area contributed by atoms with E-state index in [9.17, 15) is 14.4 Å². The van der Waals surface area contributed by atoms with Crippen LogP contribution in [0.15, 0.2) is 48.5 Å². The van der Waals surface area contributed by atoms with Crippen LogP contribution in [0, 0.1) is 5.92 Å². The highest BCUT2D eigenvalue weighted by Gasteiger charge is 2.29. The van der Waals surface area contributed by atoms with E-state index in [1.54, 1.807) is 38.1 Å². The van der Waals surface area contributed by atoms with Crippen LogP contribution in [0.1, 0.15) is 38.3 Å². The largest absolute Gasteiger partial charge is 0.451 e. The second-order valence-corrected chi connectivity index (χ2v) is 8.09. The first-order chi connectivity index (χ1) is 14.8. The Morgan fingerprint density at radius 1 is 0.871 bits per heavy atom. The molecule has 2 aromatic rings. The first-order valence-corrected chi connectivity index (χ1v) is 10.6. The summed E-state index contributed by atoms with van der Waals surface area (Å²) in [5.74, 6) is -1.29. The van der Waals surface area contributed by atoms with Crippen LogP contribution < -0.4 is 16.0 Å². The minimum atomic E-state index is -0.999. The molecular formula is C24H29N3O4. The number of para-hydroxylation sites is 1. The molecule has 2 atom stereocenters. The highest BCUT2D eigenvalue weighted by Crippen LogP contribution is 2.25. The molecule has 31 heavy (non-hydrogen) atoms. The smallest absolute Gasteiger partial charge is 0.329 e. The first-order valence-electron chi connectivity index (χ1n) is 10.6. The molecule has 0 radical (unpaired) electrons. The maximum atomic E-state index is 12.6.